The van der Waals surface area contributed by atoms with Crippen LogP contribution in [0.5, 0.6) is 0 Å². The molecule has 4 rings (SSSR count). The molecule has 4 aliphatic rings. The van der Waals surface area contributed by atoms with Gasteiger partial charge in [0.1, 0.15) is 0 Å². The van der Waals surface area contributed by atoms with Crippen LogP contribution in [0.15, 0.2) is 11.6 Å². The Labute approximate surface area is 191 Å². The molecule has 4 aliphatic carbocycles. The summed E-state index contributed by atoms with van der Waals surface area (Å²) < 4.78 is 0. The van der Waals surface area contributed by atoms with Gasteiger partial charge in [0.15, 0.2) is 5.78 Å². The number of carbonyl (C=O) groups is 1. The lowest BCUT2D eigenvalue weighted by Gasteiger charge is -2.58. The number of Topliss-reactive ketones (excluding diaryl/α,β-unsaturated/α-hetero) is 1. The monoisotopic (exact) mass is 428 g/mol. The Morgan fingerprint density at radius 1 is 1.03 bits per heavy atom. The second-order valence-electron chi connectivity index (χ2n) is 12.8. The number of hydrogen-bond acceptors (Lipinski definition) is 2. The quantitative estimate of drug-likeness (QED) is 0.485. The Hall–Kier alpha value is -0.630. The van der Waals surface area contributed by atoms with Crippen LogP contribution in [0.25, 0.3) is 0 Å². The number of ketones is 1. The zero-order valence-corrected chi connectivity index (χ0v) is 21.1. The van der Waals surface area contributed by atoms with Crippen LogP contribution in [-0.4, -0.2) is 17.0 Å². The molecule has 0 bridgehead atoms. The number of fused-ring (bicyclic) bond motifs is 5. The molecule has 9 atom stereocenters. The van der Waals surface area contributed by atoms with Crippen LogP contribution in [0, 0.1) is 52.3 Å². The van der Waals surface area contributed by atoms with Crippen LogP contribution in [0.2, 0.25) is 0 Å². The first-order chi connectivity index (χ1) is 14.6. The first-order valence-electron chi connectivity index (χ1n) is 13.5. The van der Waals surface area contributed by atoms with Crippen molar-refractivity contribution in [2.75, 3.05) is 0 Å². The van der Waals surface area contributed by atoms with Crippen LogP contribution in [0.3, 0.4) is 0 Å². The lowest BCUT2D eigenvalue weighted by atomic mass is 9.46. The Balaban J connectivity index is 1.51. The predicted octanol–water partition coefficient (Wildman–Crippen LogP) is 7.20. The lowest BCUT2D eigenvalue weighted by Crippen LogP contribution is -2.53. The van der Waals surface area contributed by atoms with Gasteiger partial charge in [0, 0.05) is 6.42 Å². The van der Waals surface area contributed by atoms with E-state index in [2.05, 4.69) is 41.5 Å². The molecule has 0 spiro atoms. The summed E-state index contributed by atoms with van der Waals surface area (Å²) in [6.07, 6.45) is 13.5. The summed E-state index contributed by atoms with van der Waals surface area (Å²) in [5.74, 6) is 5.58. The molecule has 0 heterocycles. The number of aliphatic hydroxyl groups is 1. The molecule has 3 saturated carbocycles. The van der Waals surface area contributed by atoms with Gasteiger partial charge in [0.25, 0.3) is 0 Å². The molecule has 3 fully saturated rings. The van der Waals surface area contributed by atoms with Crippen molar-refractivity contribution in [1.82, 2.24) is 0 Å². The normalized spacial score (nSPS) is 44.3. The van der Waals surface area contributed by atoms with Gasteiger partial charge in [0.05, 0.1) is 6.10 Å². The predicted molar refractivity (Wildman–Crippen MR) is 129 cm³/mol. The molecule has 0 aromatic rings. The van der Waals surface area contributed by atoms with Crippen LogP contribution >= 0.6 is 0 Å². The van der Waals surface area contributed by atoms with E-state index in [-0.39, 0.29) is 5.41 Å². The summed E-state index contributed by atoms with van der Waals surface area (Å²) in [6, 6.07) is 0. The molecule has 0 saturated heterocycles. The summed E-state index contributed by atoms with van der Waals surface area (Å²) in [4.78, 5) is 13.2. The fraction of sp³-hybridized carbons (Fsp3) is 0.897. The zero-order valence-electron chi connectivity index (χ0n) is 21.1. The van der Waals surface area contributed by atoms with E-state index in [4.69, 9.17) is 0 Å². The van der Waals surface area contributed by atoms with Crippen molar-refractivity contribution in [1.29, 1.82) is 0 Å². The minimum Gasteiger partial charge on any atom is -0.389 e. The van der Waals surface area contributed by atoms with Crippen LogP contribution in [0.4, 0.5) is 0 Å². The average Bonchev–Trinajstić information content (AvgIpc) is 3.07. The van der Waals surface area contributed by atoms with Crippen LogP contribution in [-0.2, 0) is 4.79 Å². The smallest absolute Gasteiger partial charge is 0.159 e. The van der Waals surface area contributed by atoms with E-state index in [1.807, 2.05) is 6.08 Å². The molecule has 176 valence electrons. The fourth-order valence-electron chi connectivity index (χ4n) is 9.19. The molecule has 0 aromatic heterocycles. The standard InChI is InChI=1S/C29H48O2/c1-7-20(18(2)3)9-8-19(4)23-10-11-24-22-17-27(31)26-16-21(30)12-14-29(26,6)25(22)13-15-28(23,24)5/h16,18-25,30H,7-15,17H2,1-6H3/t19-,20-,21?,22+,23-,24?,25?,28-,29-/m1/s1. The van der Waals surface area contributed by atoms with Crippen molar-refractivity contribution in [3.8, 4) is 0 Å². The third kappa shape index (κ3) is 3.87. The van der Waals surface area contributed by atoms with Gasteiger partial charge in [-0.1, -0.05) is 54.4 Å². The minimum absolute atomic E-state index is 0.00980. The number of rotatable bonds is 6. The first kappa shape index (κ1) is 23.5. The van der Waals surface area contributed by atoms with E-state index >= 15 is 0 Å². The summed E-state index contributed by atoms with van der Waals surface area (Å²) in [5.41, 5.74) is 1.42. The number of hydrogen-bond donors (Lipinski definition) is 1. The highest BCUT2D eigenvalue weighted by Crippen LogP contribution is 2.67. The summed E-state index contributed by atoms with van der Waals surface area (Å²) in [5, 5.41) is 10.2. The largest absolute Gasteiger partial charge is 0.389 e. The number of aliphatic hydroxyl groups excluding tert-OH is 1. The Bertz CT molecular complexity index is 708. The van der Waals surface area contributed by atoms with Gasteiger partial charge >= 0.3 is 0 Å². The van der Waals surface area contributed by atoms with Crippen LogP contribution < -0.4 is 0 Å². The van der Waals surface area contributed by atoms with Crippen molar-refractivity contribution in [3.63, 3.8) is 0 Å². The molecule has 2 heteroatoms. The van der Waals surface area contributed by atoms with Gasteiger partial charge in [0.2, 0.25) is 0 Å². The first-order valence-corrected chi connectivity index (χ1v) is 13.5. The molecule has 0 amide bonds. The Morgan fingerprint density at radius 2 is 1.77 bits per heavy atom. The maximum absolute atomic E-state index is 13.2. The molecule has 1 N–H and O–H groups in total. The molecule has 31 heavy (non-hydrogen) atoms. The molecule has 0 radical (unpaired) electrons. The molecular weight excluding hydrogens is 380 g/mol. The van der Waals surface area contributed by atoms with Gasteiger partial charge < -0.3 is 5.11 Å². The molecule has 0 aliphatic heterocycles. The Kier molecular flexibility index (Phi) is 6.54. The van der Waals surface area contributed by atoms with Crippen molar-refractivity contribution in [3.05, 3.63) is 11.6 Å². The van der Waals surface area contributed by atoms with E-state index in [9.17, 15) is 9.90 Å². The van der Waals surface area contributed by atoms with E-state index in [1.54, 1.807) is 0 Å². The molecule has 3 unspecified atom stereocenters. The highest BCUT2D eigenvalue weighted by atomic mass is 16.3. The summed E-state index contributed by atoms with van der Waals surface area (Å²) in [6.45, 7) is 14.6. The average molecular weight is 429 g/mol. The topological polar surface area (TPSA) is 37.3 Å². The van der Waals surface area contributed by atoms with Crippen LogP contribution in [0.1, 0.15) is 106 Å². The van der Waals surface area contributed by atoms with Gasteiger partial charge in [-0.15, -0.1) is 0 Å². The van der Waals surface area contributed by atoms with Gasteiger partial charge in [-0.3, -0.25) is 4.79 Å². The van der Waals surface area contributed by atoms with Gasteiger partial charge in [-0.2, -0.15) is 0 Å². The van der Waals surface area contributed by atoms with E-state index in [1.165, 1.54) is 44.9 Å². The maximum atomic E-state index is 13.2. The molecule has 0 aromatic carbocycles. The van der Waals surface area contributed by atoms with Crippen molar-refractivity contribution < 1.29 is 9.90 Å². The fourth-order valence-corrected chi connectivity index (χ4v) is 9.19. The van der Waals surface area contributed by atoms with Crippen molar-refractivity contribution in [2.45, 2.75) is 112 Å². The SMILES string of the molecule is CC[C@H](CC[C@@H](C)[C@H]1CCC2[C@@H]3CC(=O)C4=CC(O)CC[C@]4(C)C3CC[C@@]21C)C(C)C. The van der Waals surface area contributed by atoms with Gasteiger partial charge in [-0.05, 0) is 109 Å². The summed E-state index contributed by atoms with van der Waals surface area (Å²) >= 11 is 0. The Morgan fingerprint density at radius 3 is 2.45 bits per heavy atom. The number of allylic oxidation sites excluding steroid dienone is 1. The highest BCUT2D eigenvalue weighted by Gasteiger charge is 2.60. The molecule has 2 nitrogen and oxygen atoms in total. The van der Waals surface area contributed by atoms with Crippen molar-refractivity contribution in [2.24, 2.45) is 52.3 Å². The van der Waals surface area contributed by atoms with E-state index in [0.29, 0.717) is 23.0 Å². The van der Waals surface area contributed by atoms with Crippen molar-refractivity contribution >= 4 is 5.78 Å². The third-order valence-corrected chi connectivity index (χ3v) is 11.1. The zero-order chi connectivity index (χ0) is 22.6. The second kappa shape index (κ2) is 8.62. The third-order valence-electron chi connectivity index (χ3n) is 11.1. The van der Waals surface area contributed by atoms with E-state index < -0.39 is 6.10 Å². The lowest BCUT2D eigenvalue weighted by molar-refractivity contribution is -0.129. The molecular formula is C29H48O2. The van der Waals surface area contributed by atoms with E-state index in [0.717, 1.165) is 54.4 Å². The number of carbonyl (C=O) groups excluding carboxylic acids is 1. The second-order valence-corrected chi connectivity index (χ2v) is 12.8. The highest BCUT2D eigenvalue weighted by molar-refractivity contribution is 5.98. The maximum Gasteiger partial charge on any atom is 0.159 e. The van der Waals surface area contributed by atoms with Gasteiger partial charge in [-0.25, -0.2) is 0 Å². The minimum atomic E-state index is -0.410. The summed E-state index contributed by atoms with van der Waals surface area (Å²) in [7, 11) is 0.